The second kappa shape index (κ2) is 6.34. The molecule has 0 radical (unpaired) electrons. The van der Waals surface area contributed by atoms with E-state index in [0.29, 0.717) is 12.2 Å². The summed E-state index contributed by atoms with van der Waals surface area (Å²) in [7, 11) is 1.95. The third kappa shape index (κ3) is 3.17. The van der Waals surface area contributed by atoms with Gasteiger partial charge in [0, 0.05) is 43.2 Å². The lowest BCUT2D eigenvalue weighted by atomic mass is 10.2. The molecule has 1 aromatic carbocycles. The number of rotatable bonds is 5. The summed E-state index contributed by atoms with van der Waals surface area (Å²) in [4.78, 5) is 0. The highest BCUT2D eigenvalue weighted by Gasteiger charge is 2.09. The quantitative estimate of drug-likeness (QED) is 0.788. The molecule has 2 aromatic heterocycles. The number of benzene rings is 1. The maximum Gasteiger partial charge on any atom is 0.148 e. The van der Waals surface area contributed by atoms with E-state index in [4.69, 9.17) is 0 Å². The van der Waals surface area contributed by atoms with Gasteiger partial charge in [-0.1, -0.05) is 12.1 Å². The smallest absolute Gasteiger partial charge is 0.148 e. The van der Waals surface area contributed by atoms with Crippen molar-refractivity contribution in [1.82, 2.24) is 24.9 Å². The van der Waals surface area contributed by atoms with E-state index in [0.717, 1.165) is 23.5 Å². The highest BCUT2D eigenvalue weighted by atomic mass is 19.1. The zero-order chi connectivity index (χ0) is 16.4. The van der Waals surface area contributed by atoms with Gasteiger partial charge < -0.3 is 5.32 Å². The summed E-state index contributed by atoms with van der Waals surface area (Å²) >= 11 is 0. The van der Waals surface area contributed by atoms with Gasteiger partial charge in [0.15, 0.2) is 0 Å². The number of nitrogens with zero attached hydrogens (tertiary/aromatic N) is 4. The molecule has 5 nitrogen and oxygen atoms in total. The van der Waals surface area contributed by atoms with E-state index < -0.39 is 0 Å². The van der Waals surface area contributed by atoms with Gasteiger partial charge in [-0.2, -0.15) is 10.2 Å². The molecule has 3 aromatic rings. The molecule has 1 N–H and O–H groups in total. The van der Waals surface area contributed by atoms with Gasteiger partial charge >= 0.3 is 0 Å². The fourth-order valence-electron chi connectivity index (χ4n) is 2.63. The molecule has 0 atom stereocenters. The van der Waals surface area contributed by atoms with Crippen molar-refractivity contribution in [1.29, 1.82) is 0 Å². The molecule has 0 amide bonds. The molecule has 120 valence electrons. The Morgan fingerprint density at radius 1 is 1.17 bits per heavy atom. The van der Waals surface area contributed by atoms with E-state index in [9.17, 15) is 4.39 Å². The Labute approximate surface area is 134 Å². The summed E-state index contributed by atoms with van der Waals surface area (Å²) in [6.45, 7) is 5.49. The van der Waals surface area contributed by atoms with Crippen molar-refractivity contribution in [2.75, 3.05) is 0 Å². The van der Waals surface area contributed by atoms with Crippen LogP contribution in [0.1, 0.15) is 22.5 Å². The van der Waals surface area contributed by atoms with Crippen LogP contribution in [0, 0.1) is 19.7 Å². The average molecular weight is 313 g/mol. The van der Waals surface area contributed by atoms with Crippen LogP contribution in [0.3, 0.4) is 0 Å². The maximum atomic E-state index is 13.8. The normalized spacial score (nSPS) is 11.1. The minimum atomic E-state index is -0.281. The van der Waals surface area contributed by atoms with Crippen LogP contribution in [0.25, 0.3) is 5.69 Å². The monoisotopic (exact) mass is 313 g/mol. The zero-order valence-electron chi connectivity index (χ0n) is 13.5. The molecular formula is C17H20FN5. The van der Waals surface area contributed by atoms with Crippen molar-refractivity contribution < 1.29 is 4.39 Å². The first-order chi connectivity index (χ1) is 11.1. The Balaban J connectivity index is 1.65. The van der Waals surface area contributed by atoms with Crippen LogP contribution in [0.15, 0.2) is 36.7 Å². The van der Waals surface area contributed by atoms with Gasteiger partial charge in [-0.25, -0.2) is 9.07 Å². The van der Waals surface area contributed by atoms with E-state index in [1.165, 1.54) is 11.6 Å². The average Bonchev–Trinajstić information content (AvgIpc) is 3.08. The highest BCUT2D eigenvalue weighted by molar-refractivity contribution is 5.33. The first kappa shape index (κ1) is 15.4. The van der Waals surface area contributed by atoms with Gasteiger partial charge in [0.05, 0.1) is 11.9 Å². The number of aromatic nitrogens is 4. The fraction of sp³-hybridized carbons (Fsp3) is 0.294. The first-order valence-corrected chi connectivity index (χ1v) is 7.54. The van der Waals surface area contributed by atoms with Crippen molar-refractivity contribution in [3.8, 4) is 5.69 Å². The molecule has 0 aliphatic rings. The lowest BCUT2D eigenvalue weighted by Gasteiger charge is -2.04. The summed E-state index contributed by atoms with van der Waals surface area (Å²) in [5, 5.41) is 12.0. The van der Waals surface area contributed by atoms with E-state index >= 15 is 0 Å². The van der Waals surface area contributed by atoms with E-state index in [-0.39, 0.29) is 5.82 Å². The van der Waals surface area contributed by atoms with Gasteiger partial charge in [0.1, 0.15) is 11.5 Å². The van der Waals surface area contributed by atoms with Crippen LogP contribution in [-0.2, 0) is 20.1 Å². The molecule has 0 unspecified atom stereocenters. The van der Waals surface area contributed by atoms with Crippen LogP contribution >= 0.6 is 0 Å². The van der Waals surface area contributed by atoms with Crippen LogP contribution < -0.4 is 5.32 Å². The number of para-hydroxylation sites is 1. The molecule has 0 spiro atoms. The van der Waals surface area contributed by atoms with Crippen molar-refractivity contribution >= 4 is 0 Å². The number of halogens is 1. The van der Waals surface area contributed by atoms with Crippen molar-refractivity contribution in [2.24, 2.45) is 7.05 Å². The minimum Gasteiger partial charge on any atom is -0.308 e. The third-order valence-electron chi connectivity index (χ3n) is 4.03. The van der Waals surface area contributed by atoms with Gasteiger partial charge in [-0.05, 0) is 26.0 Å². The van der Waals surface area contributed by atoms with E-state index in [1.54, 1.807) is 29.1 Å². The summed E-state index contributed by atoms with van der Waals surface area (Å²) < 4.78 is 17.2. The largest absolute Gasteiger partial charge is 0.308 e. The minimum absolute atomic E-state index is 0.281. The summed E-state index contributed by atoms with van der Waals surface area (Å²) in [6, 6.07) is 6.61. The molecule has 6 heteroatoms. The molecule has 0 aliphatic carbocycles. The summed E-state index contributed by atoms with van der Waals surface area (Å²) in [5.74, 6) is -0.281. The van der Waals surface area contributed by atoms with Gasteiger partial charge in [0.2, 0.25) is 0 Å². The predicted molar refractivity (Wildman–Crippen MR) is 86.7 cm³/mol. The van der Waals surface area contributed by atoms with Crippen molar-refractivity contribution in [3.63, 3.8) is 0 Å². The van der Waals surface area contributed by atoms with Crippen LogP contribution in [0.2, 0.25) is 0 Å². The Morgan fingerprint density at radius 2 is 1.96 bits per heavy atom. The molecule has 0 saturated heterocycles. The molecule has 3 rings (SSSR count). The fourth-order valence-corrected chi connectivity index (χ4v) is 2.63. The molecule has 0 fully saturated rings. The van der Waals surface area contributed by atoms with Crippen LogP contribution in [-0.4, -0.2) is 19.6 Å². The van der Waals surface area contributed by atoms with Gasteiger partial charge in [-0.3, -0.25) is 4.68 Å². The Kier molecular flexibility index (Phi) is 4.25. The number of hydrogen-bond acceptors (Lipinski definition) is 3. The molecule has 0 saturated carbocycles. The molecule has 23 heavy (non-hydrogen) atoms. The lowest BCUT2D eigenvalue weighted by Crippen LogP contribution is -2.13. The van der Waals surface area contributed by atoms with Gasteiger partial charge in [0.25, 0.3) is 0 Å². The molecule has 2 heterocycles. The predicted octanol–water partition coefficient (Wildman–Crippen LogP) is 2.65. The second-order valence-corrected chi connectivity index (χ2v) is 5.62. The summed E-state index contributed by atoms with van der Waals surface area (Å²) in [5.41, 5.74) is 4.88. The zero-order valence-corrected chi connectivity index (χ0v) is 13.5. The van der Waals surface area contributed by atoms with E-state index in [2.05, 4.69) is 22.4 Å². The van der Waals surface area contributed by atoms with Crippen LogP contribution in [0.5, 0.6) is 0 Å². The Bertz CT molecular complexity index is 818. The maximum absolute atomic E-state index is 13.8. The first-order valence-electron chi connectivity index (χ1n) is 7.54. The second-order valence-electron chi connectivity index (χ2n) is 5.62. The molecule has 0 aliphatic heterocycles. The Morgan fingerprint density at radius 3 is 2.65 bits per heavy atom. The Hall–Kier alpha value is -2.47. The topological polar surface area (TPSA) is 47.7 Å². The summed E-state index contributed by atoms with van der Waals surface area (Å²) in [6.07, 6.45) is 3.59. The number of hydrogen-bond donors (Lipinski definition) is 1. The third-order valence-corrected chi connectivity index (χ3v) is 4.03. The van der Waals surface area contributed by atoms with E-state index in [1.807, 2.05) is 24.9 Å². The lowest BCUT2D eigenvalue weighted by molar-refractivity contribution is 0.610. The van der Waals surface area contributed by atoms with Crippen molar-refractivity contribution in [2.45, 2.75) is 26.9 Å². The number of aryl methyl sites for hydroxylation is 2. The van der Waals surface area contributed by atoms with Gasteiger partial charge in [-0.15, -0.1) is 0 Å². The highest BCUT2D eigenvalue weighted by Crippen LogP contribution is 2.14. The van der Waals surface area contributed by atoms with Crippen LogP contribution in [0.4, 0.5) is 4.39 Å². The standard InChI is InChI=1S/C17H20FN5/c1-12-15(13(2)22(3)21-12)10-19-8-14-9-20-23(11-14)17-7-5-4-6-16(17)18/h4-7,9,11,19H,8,10H2,1-3H3. The molecule has 0 bridgehead atoms. The number of nitrogens with one attached hydrogen (secondary N) is 1. The SMILES string of the molecule is Cc1nn(C)c(C)c1CNCc1cnn(-c2ccccc2F)c1. The molecular weight excluding hydrogens is 293 g/mol. The van der Waals surface area contributed by atoms with Crippen molar-refractivity contribution in [3.05, 3.63) is 65.0 Å².